The van der Waals surface area contributed by atoms with E-state index in [1.165, 1.54) is 12.1 Å². The Morgan fingerprint density at radius 1 is 0.929 bits per heavy atom. The van der Waals surface area contributed by atoms with Crippen LogP contribution in [-0.4, -0.2) is 68.1 Å². The third-order valence-corrected chi connectivity index (χ3v) is 6.41. The highest BCUT2D eigenvalue weighted by atomic mass is 19.1. The first-order chi connectivity index (χ1) is 20.3. The Morgan fingerprint density at radius 3 is 2.24 bits per heavy atom. The molecule has 1 atom stereocenters. The van der Waals surface area contributed by atoms with Crippen LogP contribution in [0.5, 0.6) is 17.2 Å². The van der Waals surface area contributed by atoms with Crippen molar-refractivity contribution in [2.75, 3.05) is 45.3 Å². The summed E-state index contributed by atoms with van der Waals surface area (Å²) in [6, 6.07) is 18.3. The molecule has 0 bridgehead atoms. The van der Waals surface area contributed by atoms with Gasteiger partial charge in [-0.05, 0) is 86.3 Å². The molecule has 0 radical (unpaired) electrons. The minimum absolute atomic E-state index is 0.250. The van der Waals surface area contributed by atoms with Gasteiger partial charge in [0.25, 0.3) is 0 Å². The van der Waals surface area contributed by atoms with Gasteiger partial charge in [0.2, 0.25) is 0 Å². The van der Waals surface area contributed by atoms with E-state index in [1.54, 1.807) is 55.3 Å². The van der Waals surface area contributed by atoms with E-state index < -0.39 is 12.1 Å². The second kappa shape index (κ2) is 16.8. The second-order valence-corrected chi connectivity index (χ2v) is 9.61. The first kappa shape index (κ1) is 32.2. The zero-order chi connectivity index (χ0) is 30.3. The van der Waals surface area contributed by atoms with Crippen molar-refractivity contribution in [3.05, 3.63) is 83.7 Å². The molecule has 42 heavy (non-hydrogen) atoms. The number of ether oxygens (including phenoxy) is 4. The van der Waals surface area contributed by atoms with E-state index in [0.717, 1.165) is 11.1 Å². The van der Waals surface area contributed by atoms with Gasteiger partial charge in [-0.2, -0.15) is 0 Å². The van der Waals surface area contributed by atoms with Gasteiger partial charge in [-0.3, -0.25) is 0 Å². The van der Waals surface area contributed by atoms with E-state index in [1.807, 2.05) is 25.1 Å². The van der Waals surface area contributed by atoms with E-state index in [2.05, 4.69) is 5.32 Å². The summed E-state index contributed by atoms with van der Waals surface area (Å²) in [6.07, 6.45) is 0.724. The second-order valence-electron chi connectivity index (χ2n) is 9.61. The highest BCUT2D eigenvalue weighted by Crippen LogP contribution is 2.25. The number of aryl methyl sites for hydroxylation is 1. The first-order valence-corrected chi connectivity index (χ1v) is 13.9. The summed E-state index contributed by atoms with van der Waals surface area (Å²) in [5.74, 6) is 0.442. The number of amides is 2. The van der Waals surface area contributed by atoms with Crippen molar-refractivity contribution >= 4 is 17.7 Å². The molecule has 0 saturated heterocycles. The molecule has 0 aliphatic carbocycles. The number of benzene rings is 3. The molecule has 0 saturated carbocycles. The molecule has 3 rings (SSSR count). The molecule has 0 aliphatic heterocycles. The monoisotopic (exact) mass is 582 g/mol. The average Bonchev–Trinajstić information content (AvgIpc) is 2.97. The molecular weight excluding hydrogens is 543 g/mol. The van der Waals surface area contributed by atoms with Gasteiger partial charge in [-0.1, -0.05) is 18.2 Å². The Morgan fingerprint density at radius 2 is 1.60 bits per heavy atom. The Hall–Kier alpha value is -4.31. The highest BCUT2D eigenvalue weighted by molar-refractivity contribution is 5.91. The normalized spacial score (nSPS) is 11.4. The Kier molecular flexibility index (Phi) is 12.9. The molecule has 1 unspecified atom stereocenters. The van der Waals surface area contributed by atoms with Crippen molar-refractivity contribution in [3.63, 3.8) is 0 Å². The number of unbranched alkanes of at least 4 members (excludes halogenated alkanes) is 1. The van der Waals surface area contributed by atoms with Crippen molar-refractivity contribution in [1.82, 2.24) is 4.90 Å². The maximum atomic E-state index is 13.3. The zero-order valence-electron chi connectivity index (χ0n) is 24.3. The van der Waals surface area contributed by atoms with Gasteiger partial charge in [0, 0.05) is 19.6 Å². The van der Waals surface area contributed by atoms with Gasteiger partial charge < -0.3 is 34.3 Å². The van der Waals surface area contributed by atoms with Crippen LogP contribution in [0.2, 0.25) is 0 Å². The van der Waals surface area contributed by atoms with Crippen molar-refractivity contribution < 1.29 is 38.0 Å². The van der Waals surface area contributed by atoms with Crippen LogP contribution in [0, 0.1) is 12.7 Å². The zero-order valence-corrected chi connectivity index (χ0v) is 24.3. The summed E-state index contributed by atoms with van der Waals surface area (Å²) < 4.78 is 35.4. The number of halogens is 1. The number of hydrogen-bond donors (Lipinski definition) is 2. The molecule has 10 heteroatoms. The van der Waals surface area contributed by atoms with Crippen LogP contribution in [0.15, 0.2) is 66.7 Å². The minimum Gasteiger partial charge on any atom is -0.495 e. The molecule has 2 amide bonds. The summed E-state index contributed by atoms with van der Waals surface area (Å²) in [5.41, 5.74) is 2.38. The van der Waals surface area contributed by atoms with E-state index >= 15 is 0 Å². The van der Waals surface area contributed by atoms with Gasteiger partial charge in [-0.25, -0.2) is 14.0 Å². The summed E-state index contributed by atoms with van der Waals surface area (Å²) >= 11 is 0. The number of nitrogens with zero attached hydrogens (tertiary/aromatic N) is 1. The van der Waals surface area contributed by atoms with Crippen molar-refractivity contribution in [2.24, 2.45) is 0 Å². The number of carboxylic acids is 1. The summed E-state index contributed by atoms with van der Waals surface area (Å²) in [5, 5.41) is 12.3. The maximum Gasteiger partial charge on any atom is 0.333 e. The minimum atomic E-state index is -0.999. The molecule has 0 aliphatic rings. The number of carboxylic acid groups (broad SMARTS) is 1. The van der Waals surface area contributed by atoms with Crippen LogP contribution in [0.25, 0.3) is 0 Å². The lowest BCUT2D eigenvalue weighted by molar-refractivity contribution is -0.149. The lowest BCUT2D eigenvalue weighted by atomic mass is 10.1. The average molecular weight is 583 g/mol. The molecule has 226 valence electrons. The summed E-state index contributed by atoms with van der Waals surface area (Å²) in [7, 11) is 1.55. The Balaban J connectivity index is 1.56. The number of urea groups is 1. The third-order valence-electron chi connectivity index (χ3n) is 6.41. The van der Waals surface area contributed by atoms with E-state index in [-0.39, 0.29) is 24.9 Å². The highest BCUT2D eigenvalue weighted by Gasteiger charge is 2.18. The van der Waals surface area contributed by atoms with Crippen molar-refractivity contribution in [3.8, 4) is 17.2 Å². The lowest BCUT2D eigenvalue weighted by Gasteiger charge is -2.24. The predicted molar refractivity (Wildman–Crippen MR) is 158 cm³/mol. The number of anilines is 1. The predicted octanol–water partition coefficient (Wildman–Crippen LogP) is 5.95. The van der Waals surface area contributed by atoms with Crippen LogP contribution < -0.4 is 19.5 Å². The van der Waals surface area contributed by atoms with Gasteiger partial charge in [0.15, 0.2) is 6.10 Å². The molecular formula is C32H39FN2O7. The van der Waals surface area contributed by atoms with Gasteiger partial charge >= 0.3 is 12.0 Å². The standard InChI is InChI=1S/C32H39FN2O7/c1-4-40-30(31(36)37)22-24-8-12-26(13-9-24)42-20-18-35(17-5-6-19-41-27-14-10-25(33)11-15-27)32(38)34-28-21-23(2)7-16-29(28)39-3/h7-16,21,30H,4-6,17-20,22H2,1-3H3,(H,34,38)(H,36,37). The topological polar surface area (TPSA) is 107 Å². The van der Waals surface area contributed by atoms with Crippen LogP contribution in [0.1, 0.15) is 30.9 Å². The van der Waals surface area contributed by atoms with E-state index in [4.69, 9.17) is 18.9 Å². The van der Waals surface area contributed by atoms with Gasteiger partial charge in [0.1, 0.15) is 29.7 Å². The third kappa shape index (κ3) is 10.6. The van der Waals surface area contributed by atoms with Crippen LogP contribution in [0.3, 0.4) is 0 Å². The number of carbonyl (C=O) groups is 2. The number of methoxy groups -OCH3 is 1. The molecule has 3 aromatic carbocycles. The number of rotatable bonds is 17. The fraction of sp³-hybridized carbons (Fsp3) is 0.375. The number of hydrogen-bond acceptors (Lipinski definition) is 6. The van der Waals surface area contributed by atoms with Crippen LogP contribution in [0.4, 0.5) is 14.9 Å². The molecule has 2 N–H and O–H groups in total. The number of carbonyl (C=O) groups excluding carboxylic acids is 1. The summed E-state index contributed by atoms with van der Waals surface area (Å²) in [4.78, 5) is 26.3. The fourth-order valence-corrected chi connectivity index (χ4v) is 4.18. The first-order valence-electron chi connectivity index (χ1n) is 13.9. The lowest BCUT2D eigenvalue weighted by Crippen LogP contribution is -2.38. The van der Waals surface area contributed by atoms with Crippen molar-refractivity contribution in [1.29, 1.82) is 0 Å². The molecule has 0 aromatic heterocycles. The molecule has 0 fully saturated rings. The number of aliphatic carboxylic acids is 1. The molecule has 3 aromatic rings. The summed E-state index contributed by atoms with van der Waals surface area (Å²) in [6.45, 7) is 5.48. The van der Waals surface area contributed by atoms with Gasteiger partial charge in [0.05, 0.1) is 25.9 Å². The van der Waals surface area contributed by atoms with E-state index in [0.29, 0.717) is 62.1 Å². The number of nitrogens with one attached hydrogen (secondary N) is 1. The van der Waals surface area contributed by atoms with E-state index in [9.17, 15) is 19.1 Å². The maximum absolute atomic E-state index is 13.3. The largest absolute Gasteiger partial charge is 0.495 e. The molecule has 0 heterocycles. The molecule has 0 spiro atoms. The fourth-order valence-electron chi connectivity index (χ4n) is 4.18. The van der Waals surface area contributed by atoms with Crippen LogP contribution >= 0.6 is 0 Å². The Labute approximate surface area is 246 Å². The SMILES string of the molecule is CCOC(Cc1ccc(OCCN(CCCCOc2ccc(F)cc2)C(=O)Nc2cc(C)ccc2OC)cc1)C(=O)O. The van der Waals surface area contributed by atoms with Crippen molar-refractivity contribution in [2.45, 2.75) is 39.2 Å². The van der Waals surface area contributed by atoms with Crippen LogP contribution in [-0.2, 0) is 16.0 Å². The van der Waals surface area contributed by atoms with Gasteiger partial charge in [-0.15, -0.1) is 0 Å². The smallest absolute Gasteiger partial charge is 0.333 e. The molecule has 9 nitrogen and oxygen atoms in total. The Bertz CT molecular complexity index is 1270. The quantitative estimate of drug-likeness (QED) is 0.190.